The maximum Gasteiger partial charge on any atom is 0.170 e. The summed E-state index contributed by atoms with van der Waals surface area (Å²) in [6.45, 7) is 0. The van der Waals surface area contributed by atoms with Gasteiger partial charge in [-0.15, -0.1) is 0 Å². The van der Waals surface area contributed by atoms with Crippen molar-refractivity contribution >= 4 is 22.2 Å². The van der Waals surface area contributed by atoms with E-state index in [-0.39, 0.29) is 0 Å². The Bertz CT molecular complexity index is 549. The molecular formula is C14H11BrO3. The zero-order valence-electron chi connectivity index (χ0n) is 9.72. The maximum atomic E-state index is 10.6. The topological polar surface area (TPSA) is 35.5 Å². The van der Waals surface area contributed by atoms with Gasteiger partial charge in [-0.3, -0.25) is 4.79 Å². The zero-order chi connectivity index (χ0) is 13.0. The average Bonchev–Trinajstić information content (AvgIpc) is 2.40. The van der Waals surface area contributed by atoms with Crippen LogP contribution in [0.15, 0.2) is 46.9 Å². The fraction of sp³-hybridized carbons (Fsp3) is 0.0714. The first kappa shape index (κ1) is 12.6. The highest BCUT2D eigenvalue weighted by Gasteiger charge is 2.06. The van der Waals surface area contributed by atoms with Gasteiger partial charge >= 0.3 is 0 Å². The zero-order valence-corrected chi connectivity index (χ0v) is 11.3. The normalized spacial score (nSPS) is 9.89. The van der Waals surface area contributed by atoms with Crippen molar-refractivity contribution in [2.24, 2.45) is 0 Å². The standard InChI is InChI=1S/C14H11BrO3/c1-17-13-7-4-11(15)8-14(13)18-12-5-2-10(9-16)3-6-12/h2-9H,1H3. The van der Waals surface area contributed by atoms with Crippen LogP contribution < -0.4 is 9.47 Å². The van der Waals surface area contributed by atoms with Gasteiger partial charge in [0.15, 0.2) is 11.5 Å². The van der Waals surface area contributed by atoms with Crippen LogP contribution in [0.25, 0.3) is 0 Å². The highest BCUT2D eigenvalue weighted by molar-refractivity contribution is 9.10. The molecule has 0 unspecified atom stereocenters. The van der Waals surface area contributed by atoms with Crippen molar-refractivity contribution in [3.8, 4) is 17.2 Å². The lowest BCUT2D eigenvalue weighted by Gasteiger charge is -2.10. The number of hydrogen-bond acceptors (Lipinski definition) is 3. The molecule has 18 heavy (non-hydrogen) atoms. The van der Waals surface area contributed by atoms with Crippen LogP contribution in [0.1, 0.15) is 10.4 Å². The third-order valence-corrected chi connectivity index (χ3v) is 2.86. The molecule has 92 valence electrons. The van der Waals surface area contributed by atoms with Crippen LogP contribution >= 0.6 is 15.9 Å². The van der Waals surface area contributed by atoms with Crippen LogP contribution in [0.5, 0.6) is 17.2 Å². The Morgan fingerprint density at radius 3 is 2.39 bits per heavy atom. The molecule has 0 fully saturated rings. The van der Waals surface area contributed by atoms with Crippen LogP contribution in [-0.2, 0) is 0 Å². The van der Waals surface area contributed by atoms with Crippen molar-refractivity contribution < 1.29 is 14.3 Å². The largest absolute Gasteiger partial charge is 0.493 e. The van der Waals surface area contributed by atoms with E-state index in [0.717, 1.165) is 10.8 Å². The summed E-state index contributed by atoms with van der Waals surface area (Å²) in [6, 6.07) is 12.4. The van der Waals surface area contributed by atoms with Crippen molar-refractivity contribution in [2.45, 2.75) is 0 Å². The number of halogens is 1. The molecule has 0 N–H and O–H groups in total. The summed E-state index contributed by atoms with van der Waals surface area (Å²) in [5.74, 6) is 1.92. The average molecular weight is 307 g/mol. The maximum absolute atomic E-state index is 10.6. The molecule has 0 atom stereocenters. The van der Waals surface area contributed by atoms with E-state index in [9.17, 15) is 4.79 Å². The molecule has 0 saturated carbocycles. The van der Waals surface area contributed by atoms with Crippen molar-refractivity contribution in [3.05, 3.63) is 52.5 Å². The molecule has 0 spiro atoms. The summed E-state index contributed by atoms with van der Waals surface area (Å²) in [5.41, 5.74) is 0.614. The van der Waals surface area contributed by atoms with Crippen molar-refractivity contribution in [2.75, 3.05) is 7.11 Å². The number of aldehydes is 1. The molecule has 0 amide bonds. The molecule has 3 nitrogen and oxygen atoms in total. The van der Waals surface area contributed by atoms with Gasteiger partial charge in [-0.1, -0.05) is 15.9 Å². The SMILES string of the molecule is COc1ccc(Br)cc1Oc1ccc(C=O)cc1. The van der Waals surface area contributed by atoms with Crippen molar-refractivity contribution in [3.63, 3.8) is 0 Å². The number of carbonyl (C=O) groups excluding carboxylic acids is 1. The number of carbonyl (C=O) groups is 1. The molecule has 0 aromatic heterocycles. The molecule has 0 heterocycles. The minimum Gasteiger partial charge on any atom is -0.493 e. The Hall–Kier alpha value is -1.81. The van der Waals surface area contributed by atoms with E-state index >= 15 is 0 Å². The van der Waals surface area contributed by atoms with E-state index in [1.54, 1.807) is 31.4 Å². The smallest absolute Gasteiger partial charge is 0.170 e. The second-order valence-electron chi connectivity index (χ2n) is 3.58. The van der Waals surface area contributed by atoms with Crippen LogP contribution in [0.4, 0.5) is 0 Å². The lowest BCUT2D eigenvalue weighted by Crippen LogP contribution is -1.90. The monoisotopic (exact) mass is 306 g/mol. The second-order valence-corrected chi connectivity index (χ2v) is 4.50. The quantitative estimate of drug-likeness (QED) is 0.799. The van der Waals surface area contributed by atoms with Gasteiger partial charge in [-0.05, 0) is 42.5 Å². The predicted molar refractivity (Wildman–Crippen MR) is 72.6 cm³/mol. The van der Waals surface area contributed by atoms with Gasteiger partial charge in [-0.2, -0.15) is 0 Å². The third kappa shape index (κ3) is 2.90. The number of methoxy groups -OCH3 is 1. The Morgan fingerprint density at radius 1 is 1.06 bits per heavy atom. The number of benzene rings is 2. The molecule has 0 radical (unpaired) electrons. The minimum atomic E-state index is 0.614. The number of rotatable bonds is 4. The molecule has 2 aromatic rings. The Labute approximate surface area is 113 Å². The molecule has 0 aliphatic carbocycles. The van der Waals surface area contributed by atoms with E-state index in [2.05, 4.69) is 15.9 Å². The highest BCUT2D eigenvalue weighted by atomic mass is 79.9. The first-order chi connectivity index (χ1) is 8.72. The molecular weight excluding hydrogens is 296 g/mol. The van der Waals surface area contributed by atoms with Gasteiger partial charge < -0.3 is 9.47 Å². The highest BCUT2D eigenvalue weighted by Crippen LogP contribution is 2.33. The second kappa shape index (κ2) is 5.69. The lowest BCUT2D eigenvalue weighted by molar-refractivity contribution is 0.112. The predicted octanol–water partition coefficient (Wildman–Crippen LogP) is 4.06. The van der Waals surface area contributed by atoms with E-state index in [0.29, 0.717) is 22.8 Å². The van der Waals surface area contributed by atoms with Gasteiger partial charge in [0, 0.05) is 10.0 Å². The first-order valence-electron chi connectivity index (χ1n) is 5.29. The van der Waals surface area contributed by atoms with E-state index in [1.807, 2.05) is 18.2 Å². The van der Waals surface area contributed by atoms with Crippen LogP contribution in [0, 0.1) is 0 Å². The molecule has 0 aliphatic rings. The molecule has 2 rings (SSSR count). The summed E-state index contributed by atoms with van der Waals surface area (Å²) < 4.78 is 11.8. The van der Waals surface area contributed by atoms with Crippen LogP contribution in [-0.4, -0.2) is 13.4 Å². The Kier molecular flexibility index (Phi) is 3.99. The summed E-state index contributed by atoms with van der Waals surface area (Å²) in [7, 11) is 1.59. The molecule has 0 saturated heterocycles. The fourth-order valence-electron chi connectivity index (χ4n) is 1.47. The summed E-state index contributed by atoms with van der Waals surface area (Å²) in [4.78, 5) is 10.6. The van der Waals surface area contributed by atoms with Crippen LogP contribution in [0.2, 0.25) is 0 Å². The third-order valence-electron chi connectivity index (χ3n) is 2.37. The molecule has 2 aromatic carbocycles. The van der Waals surface area contributed by atoms with Gasteiger partial charge in [0.2, 0.25) is 0 Å². The minimum absolute atomic E-state index is 0.614. The van der Waals surface area contributed by atoms with Gasteiger partial charge in [0.1, 0.15) is 12.0 Å². The van der Waals surface area contributed by atoms with Gasteiger partial charge in [0.25, 0.3) is 0 Å². The van der Waals surface area contributed by atoms with E-state index in [4.69, 9.17) is 9.47 Å². The summed E-state index contributed by atoms with van der Waals surface area (Å²) in [5, 5.41) is 0. The number of hydrogen-bond donors (Lipinski definition) is 0. The molecule has 4 heteroatoms. The first-order valence-corrected chi connectivity index (χ1v) is 6.09. The molecule has 0 aliphatic heterocycles. The van der Waals surface area contributed by atoms with Crippen molar-refractivity contribution in [1.82, 2.24) is 0 Å². The van der Waals surface area contributed by atoms with Gasteiger partial charge in [0.05, 0.1) is 7.11 Å². The van der Waals surface area contributed by atoms with Gasteiger partial charge in [-0.25, -0.2) is 0 Å². The van der Waals surface area contributed by atoms with E-state index in [1.165, 1.54) is 0 Å². The summed E-state index contributed by atoms with van der Waals surface area (Å²) in [6.07, 6.45) is 0.795. The number of ether oxygens (including phenoxy) is 2. The Morgan fingerprint density at radius 2 is 1.78 bits per heavy atom. The van der Waals surface area contributed by atoms with Crippen LogP contribution in [0.3, 0.4) is 0 Å². The van der Waals surface area contributed by atoms with E-state index < -0.39 is 0 Å². The van der Waals surface area contributed by atoms with Crippen molar-refractivity contribution in [1.29, 1.82) is 0 Å². The summed E-state index contributed by atoms with van der Waals surface area (Å²) >= 11 is 3.38. The fourth-order valence-corrected chi connectivity index (χ4v) is 1.81. The Balaban J connectivity index is 2.26. The lowest BCUT2D eigenvalue weighted by atomic mass is 10.2. The molecule has 0 bridgehead atoms.